The van der Waals surface area contributed by atoms with Crippen molar-refractivity contribution in [1.29, 1.82) is 5.26 Å². The van der Waals surface area contributed by atoms with Crippen molar-refractivity contribution in [3.8, 4) is 11.8 Å². The fraction of sp³-hybridized carbons (Fsp3) is 0.188. The normalized spacial score (nSPS) is 10.1. The monoisotopic (exact) mass is 284 g/mol. The van der Waals surface area contributed by atoms with E-state index in [1.807, 2.05) is 24.3 Å². The number of nitrogens with zero attached hydrogens (tertiary/aromatic N) is 1. The van der Waals surface area contributed by atoms with Crippen LogP contribution in [0.15, 0.2) is 47.4 Å². The number of methoxy groups -OCH3 is 1. The largest absolute Gasteiger partial charge is 0.496 e. The van der Waals surface area contributed by atoms with Crippen molar-refractivity contribution in [2.24, 2.45) is 5.73 Å². The Bertz CT molecular complexity index is 635. The first kappa shape index (κ1) is 14.4. The zero-order valence-corrected chi connectivity index (χ0v) is 12.1. The van der Waals surface area contributed by atoms with Gasteiger partial charge in [-0.2, -0.15) is 5.26 Å². The van der Waals surface area contributed by atoms with Crippen molar-refractivity contribution < 1.29 is 4.74 Å². The summed E-state index contributed by atoms with van der Waals surface area (Å²) in [7, 11) is 1.64. The van der Waals surface area contributed by atoms with E-state index in [2.05, 4.69) is 18.2 Å². The van der Waals surface area contributed by atoms with Crippen molar-refractivity contribution >= 4 is 11.8 Å². The first-order valence-electron chi connectivity index (χ1n) is 6.25. The maximum absolute atomic E-state index is 8.97. The summed E-state index contributed by atoms with van der Waals surface area (Å²) in [5.41, 5.74) is 8.44. The highest BCUT2D eigenvalue weighted by atomic mass is 32.2. The Hall–Kier alpha value is -1.96. The van der Waals surface area contributed by atoms with Gasteiger partial charge in [-0.3, -0.25) is 0 Å². The number of benzene rings is 2. The van der Waals surface area contributed by atoms with E-state index < -0.39 is 0 Å². The number of nitriles is 1. The van der Waals surface area contributed by atoms with Crippen LogP contribution < -0.4 is 10.5 Å². The number of ether oxygens (including phenoxy) is 1. The Morgan fingerprint density at radius 3 is 2.80 bits per heavy atom. The molecule has 102 valence electrons. The molecule has 0 spiro atoms. The van der Waals surface area contributed by atoms with Gasteiger partial charge in [-0.25, -0.2) is 0 Å². The van der Waals surface area contributed by atoms with Crippen molar-refractivity contribution in [3.63, 3.8) is 0 Å². The highest BCUT2D eigenvalue weighted by Crippen LogP contribution is 2.29. The van der Waals surface area contributed by atoms with Crippen molar-refractivity contribution in [2.45, 2.75) is 17.2 Å². The third kappa shape index (κ3) is 3.53. The lowest BCUT2D eigenvalue weighted by atomic mass is 10.1. The van der Waals surface area contributed by atoms with E-state index in [1.165, 1.54) is 0 Å². The Morgan fingerprint density at radius 2 is 2.10 bits per heavy atom. The summed E-state index contributed by atoms with van der Waals surface area (Å²) in [5, 5.41) is 8.97. The molecule has 0 aliphatic rings. The van der Waals surface area contributed by atoms with Gasteiger partial charge in [-0.15, -0.1) is 11.8 Å². The van der Waals surface area contributed by atoms with Crippen LogP contribution in [0.25, 0.3) is 0 Å². The minimum absolute atomic E-state index is 0.543. The average molecular weight is 284 g/mol. The van der Waals surface area contributed by atoms with Crippen LogP contribution in [0.3, 0.4) is 0 Å². The van der Waals surface area contributed by atoms with Crippen LogP contribution in [0.2, 0.25) is 0 Å². The molecule has 2 N–H and O–H groups in total. The quantitative estimate of drug-likeness (QED) is 0.856. The summed E-state index contributed by atoms with van der Waals surface area (Å²) in [6.45, 7) is 0.543. The highest BCUT2D eigenvalue weighted by molar-refractivity contribution is 7.98. The van der Waals surface area contributed by atoms with Gasteiger partial charge in [-0.1, -0.05) is 12.1 Å². The molecule has 0 fully saturated rings. The van der Waals surface area contributed by atoms with Crippen molar-refractivity contribution in [2.75, 3.05) is 7.11 Å². The number of hydrogen-bond donors (Lipinski definition) is 1. The Balaban J connectivity index is 2.15. The Kier molecular flexibility index (Phi) is 5.05. The van der Waals surface area contributed by atoms with Gasteiger partial charge >= 0.3 is 0 Å². The van der Waals surface area contributed by atoms with E-state index in [0.29, 0.717) is 12.1 Å². The standard InChI is InChI=1S/C16H16N2OS/c1-19-16-6-5-13(10-18)7-14(16)11-20-15-4-2-3-12(8-15)9-17/h2-8H,9,11,17H2,1H3. The molecule has 0 bridgehead atoms. The molecule has 0 unspecified atom stereocenters. The highest BCUT2D eigenvalue weighted by Gasteiger charge is 2.05. The molecule has 2 rings (SSSR count). The summed E-state index contributed by atoms with van der Waals surface area (Å²) < 4.78 is 5.34. The lowest BCUT2D eigenvalue weighted by molar-refractivity contribution is 0.411. The molecule has 0 aliphatic carbocycles. The van der Waals surface area contributed by atoms with Crippen LogP contribution in [0, 0.1) is 11.3 Å². The molecule has 2 aromatic carbocycles. The predicted octanol–water partition coefficient (Wildman–Crippen LogP) is 3.32. The average Bonchev–Trinajstić information content (AvgIpc) is 2.52. The Labute approximate surface area is 123 Å². The zero-order valence-electron chi connectivity index (χ0n) is 11.3. The van der Waals surface area contributed by atoms with Crippen LogP contribution in [0.4, 0.5) is 0 Å². The van der Waals surface area contributed by atoms with Crippen LogP contribution in [-0.4, -0.2) is 7.11 Å². The first-order valence-corrected chi connectivity index (χ1v) is 7.24. The molecule has 0 aliphatic heterocycles. The van der Waals surface area contributed by atoms with Gasteiger partial charge in [0.15, 0.2) is 0 Å². The summed E-state index contributed by atoms with van der Waals surface area (Å²) in [5.74, 6) is 1.57. The van der Waals surface area contributed by atoms with Crippen LogP contribution in [0.1, 0.15) is 16.7 Å². The van der Waals surface area contributed by atoms with E-state index >= 15 is 0 Å². The minimum atomic E-state index is 0.543. The van der Waals surface area contributed by atoms with Crippen molar-refractivity contribution in [3.05, 3.63) is 59.2 Å². The molecule has 0 saturated carbocycles. The van der Waals surface area contributed by atoms with E-state index in [4.69, 9.17) is 15.7 Å². The predicted molar refractivity (Wildman–Crippen MR) is 81.6 cm³/mol. The van der Waals surface area contributed by atoms with E-state index in [0.717, 1.165) is 27.5 Å². The number of thioether (sulfide) groups is 1. The molecule has 20 heavy (non-hydrogen) atoms. The minimum Gasteiger partial charge on any atom is -0.496 e. The maximum Gasteiger partial charge on any atom is 0.122 e. The van der Waals surface area contributed by atoms with Gasteiger partial charge < -0.3 is 10.5 Å². The van der Waals surface area contributed by atoms with Gasteiger partial charge in [0, 0.05) is 22.8 Å². The summed E-state index contributed by atoms with van der Waals surface area (Å²) in [6, 6.07) is 15.8. The molecule has 0 aromatic heterocycles. The molecular formula is C16H16N2OS. The van der Waals surface area contributed by atoms with Crippen LogP contribution in [-0.2, 0) is 12.3 Å². The second-order valence-corrected chi connectivity index (χ2v) is 5.33. The zero-order chi connectivity index (χ0) is 14.4. The number of rotatable bonds is 5. The molecule has 0 amide bonds. The molecule has 0 atom stereocenters. The molecule has 4 heteroatoms. The van der Waals surface area contributed by atoms with Gasteiger partial charge in [-0.05, 0) is 35.9 Å². The fourth-order valence-electron chi connectivity index (χ4n) is 1.88. The SMILES string of the molecule is COc1ccc(C#N)cc1CSc1cccc(CN)c1. The van der Waals surface area contributed by atoms with Gasteiger partial charge in [0.2, 0.25) is 0 Å². The molecule has 0 heterocycles. The molecule has 0 radical (unpaired) electrons. The topological polar surface area (TPSA) is 59.0 Å². The van der Waals surface area contributed by atoms with Gasteiger partial charge in [0.05, 0.1) is 18.7 Å². The van der Waals surface area contributed by atoms with E-state index in [-0.39, 0.29) is 0 Å². The third-order valence-corrected chi connectivity index (χ3v) is 3.98. The first-order chi connectivity index (χ1) is 9.76. The van der Waals surface area contributed by atoms with Crippen LogP contribution in [0.5, 0.6) is 5.75 Å². The second-order valence-electron chi connectivity index (χ2n) is 4.28. The molecular weight excluding hydrogens is 268 g/mol. The third-order valence-electron chi connectivity index (χ3n) is 2.94. The van der Waals surface area contributed by atoms with Crippen LogP contribution >= 0.6 is 11.8 Å². The molecule has 3 nitrogen and oxygen atoms in total. The van der Waals surface area contributed by atoms with Gasteiger partial charge in [0.1, 0.15) is 5.75 Å². The summed E-state index contributed by atoms with van der Waals surface area (Å²) in [6.07, 6.45) is 0. The van der Waals surface area contributed by atoms with E-state index in [9.17, 15) is 0 Å². The van der Waals surface area contributed by atoms with E-state index in [1.54, 1.807) is 24.9 Å². The lowest BCUT2D eigenvalue weighted by Crippen LogP contribution is -1.95. The Morgan fingerprint density at radius 1 is 1.25 bits per heavy atom. The maximum atomic E-state index is 8.97. The number of hydrogen-bond acceptors (Lipinski definition) is 4. The molecule has 0 saturated heterocycles. The summed E-state index contributed by atoms with van der Waals surface area (Å²) in [4.78, 5) is 1.16. The lowest BCUT2D eigenvalue weighted by Gasteiger charge is -2.09. The second kappa shape index (κ2) is 6.99. The van der Waals surface area contributed by atoms with Crippen molar-refractivity contribution in [1.82, 2.24) is 0 Å². The van der Waals surface area contributed by atoms with Gasteiger partial charge in [0.25, 0.3) is 0 Å². The fourth-order valence-corrected chi connectivity index (χ4v) is 2.84. The summed E-state index contributed by atoms with van der Waals surface area (Å²) >= 11 is 1.71. The number of nitrogens with two attached hydrogens (primary N) is 1. The smallest absolute Gasteiger partial charge is 0.122 e. The molecule has 2 aromatic rings.